The van der Waals surface area contributed by atoms with Gasteiger partial charge >= 0.3 is 7.82 Å². The van der Waals surface area contributed by atoms with Gasteiger partial charge in [-0.3, -0.25) is 4.79 Å². The summed E-state index contributed by atoms with van der Waals surface area (Å²) in [7, 11) is 1.76. The minimum absolute atomic E-state index is 0.0867. The molecule has 0 spiro atoms. The maximum Gasteiger partial charge on any atom is 0.466 e. The van der Waals surface area contributed by atoms with Crippen LogP contribution in [0.5, 0.6) is 0 Å². The van der Waals surface area contributed by atoms with Crippen molar-refractivity contribution in [3.8, 4) is 0 Å². The number of phosphoric acid groups is 1. The van der Waals surface area contributed by atoms with Crippen LogP contribution in [0, 0.1) is 0 Å². The highest BCUT2D eigenvalue weighted by atomic mass is 31.2. The number of nitrogens with zero attached hydrogens (tertiary/aromatic N) is 1. The lowest BCUT2D eigenvalue weighted by molar-refractivity contribution is -0.870. The van der Waals surface area contributed by atoms with E-state index in [1.807, 2.05) is 0 Å². The normalized spacial score (nSPS) is 11.2. The van der Waals surface area contributed by atoms with Crippen LogP contribution in [-0.2, 0) is 9.36 Å². The van der Waals surface area contributed by atoms with Crippen molar-refractivity contribution in [1.82, 2.24) is 5.32 Å². The van der Waals surface area contributed by atoms with Gasteiger partial charge in [-0.2, -0.15) is 0 Å². The average molecular weight is 269 g/mol. The molecule has 102 valence electrons. The first-order valence-corrected chi connectivity index (χ1v) is 6.51. The Morgan fingerprint density at radius 2 is 1.76 bits per heavy atom. The molecule has 0 aromatic rings. The van der Waals surface area contributed by atoms with Gasteiger partial charge in [0.05, 0.1) is 27.7 Å². The predicted octanol–water partition coefficient (Wildman–Crippen LogP) is -0.544. The van der Waals surface area contributed by atoms with Gasteiger partial charge in [0, 0.05) is 13.0 Å². The summed E-state index contributed by atoms with van der Waals surface area (Å²) in [6, 6.07) is 0. The van der Waals surface area contributed by atoms with Crippen LogP contribution in [0.2, 0.25) is 0 Å². The summed E-state index contributed by atoms with van der Waals surface area (Å²) in [5, 5.41) is 2.74. The maximum absolute atomic E-state index is 10.7. The molecule has 0 saturated carbocycles. The second-order valence-corrected chi connectivity index (χ2v) is 5.40. The molecule has 0 aliphatic heterocycles. The molecule has 0 bridgehead atoms. The van der Waals surface area contributed by atoms with Gasteiger partial charge < -0.3 is 24.5 Å². The second-order valence-electron chi connectivity index (χ2n) is 4.38. The van der Waals surface area contributed by atoms with E-state index in [1.165, 1.54) is 6.08 Å². The zero-order chi connectivity index (χ0) is 14.1. The second kappa shape index (κ2) is 8.38. The van der Waals surface area contributed by atoms with E-state index in [1.54, 1.807) is 0 Å². The molecule has 1 amide bonds. The topological polar surface area (TPSA) is 107 Å². The first kappa shape index (κ1) is 18.6. The van der Waals surface area contributed by atoms with E-state index in [0.717, 1.165) is 24.0 Å². The molecule has 17 heavy (non-hydrogen) atoms. The van der Waals surface area contributed by atoms with Crippen LogP contribution in [0.25, 0.3) is 0 Å². The van der Waals surface area contributed by atoms with Crippen molar-refractivity contribution in [2.45, 2.75) is 6.42 Å². The summed E-state index contributed by atoms with van der Waals surface area (Å²) in [4.78, 5) is 32.3. The molecule has 0 unspecified atom stereocenters. The molecule has 0 rings (SSSR count). The Morgan fingerprint density at radius 1 is 1.35 bits per heavy atom. The van der Waals surface area contributed by atoms with Crippen LogP contribution in [-0.4, -0.2) is 59.3 Å². The smallest absolute Gasteiger partial charge is 0.352 e. The van der Waals surface area contributed by atoms with E-state index in [0.29, 0.717) is 0 Å². The Kier molecular flexibility index (Phi) is 9.19. The van der Waals surface area contributed by atoms with E-state index in [-0.39, 0.29) is 5.91 Å². The van der Waals surface area contributed by atoms with Crippen LogP contribution >= 0.6 is 7.82 Å². The molecule has 0 aliphatic rings. The highest BCUT2D eigenvalue weighted by Gasteiger charge is 2.05. The van der Waals surface area contributed by atoms with Crippen LogP contribution in [0.1, 0.15) is 6.42 Å². The molecule has 0 atom stereocenters. The number of amides is 1. The lowest BCUT2D eigenvalue weighted by atomic mass is 10.3. The van der Waals surface area contributed by atoms with Crippen molar-refractivity contribution in [2.75, 3.05) is 34.2 Å². The first-order chi connectivity index (χ1) is 7.45. The fourth-order valence-electron chi connectivity index (χ4n) is 0.837. The van der Waals surface area contributed by atoms with Crippen LogP contribution in [0.15, 0.2) is 12.7 Å². The number of hydrogen-bond acceptors (Lipinski definition) is 2. The van der Waals surface area contributed by atoms with Gasteiger partial charge in [0.15, 0.2) is 0 Å². The highest BCUT2D eigenvalue weighted by molar-refractivity contribution is 7.45. The third kappa shape index (κ3) is 31.3. The number of nitrogens with one attached hydrogen (secondary N) is 1. The molecule has 0 aliphatic carbocycles. The van der Waals surface area contributed by atoms with Gasteiger partial charge in [-0.15, -0.1) is 0 Å². The molecule has 0 aromatic heterocycles. The maximum atomic E-state index is 10.7. The molecule has 0 saturated heterocycles. The Balaban J connectivity index is 0. The van der Waals surface area contributed by atoms with Gasteiger partial charge in [-0.1, -0.05) is 6.58 Å². The molecule has 7 nitrogen and oxygen atoms in total. The average Bonchev–Trinajstić information content (AvgIpc) is 2.07. The van der Waals surface area contributed by atoms with Gasteiger partial charge in [-0.25, -0.2) is 4.57 Å². The van der Waals surface area contributed by atoms with Gasteiger partial charge in [-0.05, 0) is 6.08 Å². The number of hydrogen-bond donors (Lipinski definition) is 4. The molecule has 0 fully saturated rings. The fraction of sp³-hybridized carbons (Fsp3) is 0.667. The van der Waals surface area contributed by atoms with Crippen LogP contribution < -0.4 is 5.32 Å². The minimum Gasteiger partial charge on any atom is -0.352 e. The Hall–Kier alpha value is -0.720. The molecular weight excluding hydrogens is 247 g/mol. The van der Waals surface area contributed by atoms with Crippen molar-refractivity contribution >= 4 is 13.7 Å². The third-order valence-electron chi connectivity index (χ3n) is 1.49. The first-order valence-electron chi connectivity index (χ1n) is 4.95. The molecule has 4 N–H and O–H groups in total. The van der Waals surface area contributed by atoms with E-state index >= 15 is 0 Å². The summed E-state index contributed by atoms with van der Waals surface area (Å²) in [5.41, 5.74) is 0. The zero-order valence-electron chi connectivity index (χ0n) is 10.5. The summed E-state index contributed by atoms with van der Waals surface area (Å²) in [5.74, 6) is -0.0867. The summed E-state index contributed by atoms with van der Waals surface area (Å²) in [6.45, 7) is 5.18. The SMILES string of the molecule is C=CC(=O)NCCC[N+](C)(C)C.O=P(O)(O)O. The molecule has 0 heterocycles. The van der Waals surface area contributed by atoms with Crippen molar-refractivity contribution in [3.63, 3.8) is 0 Å². The fourth-order valence-corrected chi connectivity index (χ4v) is 0.837. The van der Waals surface area contributed by atoms with Crippen LogP contribution in [0.3, 0.4) is 0 Å². The Morgan fingerprint density at radius 3 is 2.06 bits per heavy atom. The van der Waals surface area contributed by atoms with E-state index in [4.69, 9.17) is 19.2 Å². The standard InChI is InChI=1S/C9H18N2O.H3O4P/c1-5-9(12)10-7-6-8-11(2,3)4;1-5(2,3)4/h5H,1,6-8H2,2-4H3;(H3,1,2,3,4)/p+1. The lowest BCUT2D eigenvalue weighted by Gasteiger charge is -2.23. The monoisotopic (exact) mass is 269 g/mol. The van der Waals surface area contributed by atoms with E-state index < -0.39 is 7.82 Å². The van der Waals surface area contributed by atoms with Crippen molar-refractivity contribution in [3.05, 3.63) is 12.7 Å². The van der Waals surface area contributed by atoms with Crippen molar-refractivity contribution in [2.24, 2.45) is 0 Å². The lowest BCUT2D eigenvalue weighted by Crippen LogP contribution is -2.37. The summed E-state index contributed by atoms with van der Waals surface area (Å²) >= 11 is 0. The number of quaternary nitrogens is 1. The van der Waals surface area contributed by atoms with E-state index in [9.17, 15) is 4.79 Å². The van der Waals surface area contributed by atoms with Crippen molar-refractivity contribution < 1.29 is 28.5 Å². The number of carbonyl (C=O) groups excluding carboxylic acids is 1. The molecule has 0 radical (unpaired) electrons. The predicted molar refractivity (Wildman–Crippen MR) is 65.0 cm³/mol. The molecule has 8 heteroatoms. The molecule has 0 aromatic carbocycles. The minimum atomic E-state index is -4.64. The Bertz CT molecular complexity index is 273. The van der Waals surface area contributed by atoms with E-state index in [2.05, 4.69) is 33.0 Å². The zero-order valence-corrected chi connectivity index (χ0v) is 11.4. The molecular formula is C9H22N2O5P+. The summed E-state index contributed by atoms with van der Waals surface area (Å²) in [6.07, 6.45) is 2.30. The van der Waals surface area contributed by atoms with Crippen LogP contribution in [0.4, 0.5) is 0 Å². The van der Waals surface area contributed by atoms with Gasteiger partial charge in [0.25, 0.3) is 0 Å². The van der Waals surface area contributed by atoms with Gasteiger partial charge in [0.1, 0.15) is 0 Å². The van der Waals surface area contributed by atoms with Crippen molar-refractivity contribution in [1.29, 1.82) is 0 Å². The highest BCUT2D eigenvalue weighted by Crippen LogP contribution is 2.25. The largest absolute Gasteiger partial charge is 0.466 e. The van der Waals surface area contributed by atoms with Gasteiger partial charge in [0.2, 0.25) is 5.91 Å². The number of rotatable bonds is 5. The summed E-state index contributed by atoms with van der Waals surface area (Å²) < 4.78 is 9.82. The third-order valence-corrected chi connectivity index (χ3v) is 1.49. The quantitative estimate of drug-likeness (QED) is 0.232. The Labute approximate surface area is 102 Å². The number of carbonyl (C=O) groups is 1.